The summed E-state index contributed by atoms with van der Waals surface area (Å²) in [5, 5.41) is 22.1. The first-order chi connectivity index (χ1) is 15.0. The van der Waals surface area contributed by atoms with Gasteiger partial charge in [0, 0.05) is 24.0 Å². The SMILES string of the molecule is CC(C)N=NN=C(N)c1cccc(Nc2ncnn3ccc(C(=O)NCC4CC4)c23)c1. The molecule has 1 aromatic carbocycles. The zero-order valence-corrected chi connectivity index (χ0v) is 17.5. The number of amidine groups is 1. The number of carbonyl (C=O) groups excluding carboxylic acids is 1. The van der Waals surface area contributed by atoms with Gasteiger partial charge in [-0.15, -0.1) is 5.10 Å². The van der Waals surface area contributed by atoms with Gasteiger partial charge in [-0.2, -0.15) is 10.2 Å². The number of nitrogens with one attached hydrogen (secondary N) is 2. The molecule has 0 radical (unpaired) electrons. The molecule has 4 N–H and O–H groups in total. The van der Waals surface area contributed by atoms with E-state index >= 15 is 0 Å². The predicted molar refractivity (Wildman–Crippen MR) is 118 cm³/mol. The largest absolute Gasteiger partial charge is 0.382 e. The number of hydrogen-bond acceptors (Lipinski definition) is 6. The van der Waals surface area contributed by atoms with Crippen molar-refractivity contribution >= 4 is 28.8 Å². The Balaban J connectivity index is 1.58. The highest BCUT2D eigenvalue weighted by atomic mass is 16.1. The Hall–Kier alpha value is -3.82. The van der Waals surface area contributed by atoms with Crippen molar-refractivity contribution in [2.75, 3.05) is 11.9 Å². The molecule has 1 fully saturated rings. The molecule has 0 saturated heterocycles. The van der Waals surface area contributed by atoms with Crippen molar-refractivity contribution in [2.45, 2.75) is 32.7 Å². The Kier molecular flexibility index (Phi) is 5.87. The van der Waals surface area contributed by atoms with Crippen LogP contribution in [0.5, 0.6) is 0 Å². The summed E-state index contributed by atoms with van der Waals surface area (Å²) in [5.41, 5.74) is 8.59. The Morgan fingerprint density at radius 2 is 2.16 bits per heavy atom. The predicted octanol–water partition coefficient (Wildman–Crippen LogP) is 3.09. The van der Waals surface area contributed by atoms with Crippen molar-refractivity contribution < 1.29 is 4.79 Å². The highest BCUT2D eigenvalue weighted by molar-refractivity contribution is 6.04. The van der Waals surface area contributed by atoms with Crippen LogP contribution in [0.3, 0.4) is 0 Å². The van der Waals surface area contributed by atoms with Crippen LogP contribution in [-0.4, -0.2) is 38.9 Å². The molecule has 1 saturated carbocycles. The molecule has 10 nitrogen and oxygen atoms in total. The quantitative estimate of drug-likeness (QED) is 0.223. The first kappa shape index (κ1) is 20.5. The van der Waals surface area contributed by atoms with Crippen molar-refractivity contribution in [1.82, 2.24) is 19.9 Å². The third-order valence-corrected chi connectivity index (χ3v) is 4.80. The van der Waals surface area contributed by atoms with E-state index in [1.54, 1.807) is 16.8 Å². The van der Waals surface area contributed by atoms with Gasteiger partial charge in [0.15, 0.2) is 11.7 Å². The number of nitrogens with two attached hydrogens (primary N) is 1. The van der Waals surface area contributed by atoms with Gasteiger partial charge in [0.05, 0.1) is 11.6 Å². The molecule has 2 aromatic heterocycles. The zero-order chi connectivity index (χ0) is 21.8. The monoisotopic (exact) mass is 419 g/mol. The molecule has 160 valence electrons. The summed E-state index contributed by atoms with van der Waals surface area (Å²) in [7, 11) is 0. The van der Waals surface area contributed by atoms with Crippen molar-refractivity contribution in [3.8, 4) is 0 Å². The third-order valence-electron chi connectivity index (χ3n) is 4.80. The number of benzene rings is 1. The van der Waals surface area contributed by atoms with Crippen molar-refractivity contribution in [2.24, 2.45) is 27.1 Å². The van der Waals surface area contributed by atoms with E-state index in [9.17, 15) is 4.79 Å². The molecular formula is C21H25N9O. The molecule has 1 aliphatic carbocycles. The second-order valence-corrected chi connectivity index (χ2v) is 7.77. The maximum atomic E-state index is 12.7. The zero-order valence-electron chi connectivity index (χ0n) is 17.5. The number of nitrogens with zero attached hydrogens (tertiary/aromatic N) is 6. The minimum Gasteiger partial charge on any atom is -0.382 e. The molecule has 1 aliphatic rings. The van der Waals surface area contributed by atoms with Gasteiger partial charge in [0.2, 0.25) is 0 Å². The summed E-state index contributed by atoms with van der Waals surface area (Å²) < 4.78 is 1.63. The lowest BCUT2D eigenvalue weighted by Crippen LogP contribution is -2.25. The molecule has 31 heavy (non-hydrogen) atoms. The third kappa shape index (κ3) is 5.03. The summed E-state index contributed by atoms with van der Waals surface area (Å²) in [4.78, 5) is 17.0. The fraction of sp³-hybridized carbons (Fsp3) is 0.333. The van der Waals surface area contributed by atoms with Crippen molar-refractivity contribution in [3.63, 3.8) is 0 Å². The first-order valence-corrected chi connectivity index (χ1v) is 10.2. The van der Waals surface area contributed by atoms with Gasteiger partial charge in [0.1, 0.15) is 11.8 Å². The molecule has 4 rings (SSSR count). The summed E-state index contributed by atoms with van der Waals surface area (Å²) >= 11 is 0. The van der Waals surface area contributed by atoms with Crippen molar-refractivity contribution in [3.05, 3.63) is 54.0 Å². The second-order valence-electron chi connectivity index (χ2n) is 7.77. The molecule has 0 atom stereocenters. The first-order valence-electron chi connectivity index (χ1n) is 10.2. The van der Waals surface area contributed by atoms with E-state index < -0.39 is 0 Å². The van der Waals surface area contributed by atoms with E-state index in [2.05, 4.69) is 36.2 Å². The van der Waals surface area contributed by atoms with E-state index in [4.69, 9.17) is 5.73 Å². The van der Waals surface area contributed by atoms with Crippen LogP contribution in [0.25, 0.3) is 5.52 Å². The standard InChI is InChI=1S/C21H25N9O/c1-13(2)27-29-28-19(22)15-4-3-5-16(10-15)26-20-18-17(8-9-30(18)25-12-24-20)21(31)23-11-14-6-7-14/h3-5,8-10,12-14H,6-7,11H2,1-2H3,(H,23,31)(H2,22,27,28)(H,24,25,26). The number of aromatic nitrogens is 3. The lowest BCUT2D eigenvalue weighted by molar-refractivity contribution is 0.0953. The molecule has 2 heterocycles. The van der Waals surface area contributed by atoms with E-state index in [0.717, 1.165) is 5.69 Å². The molecular weight excluding hydrogens is 394 g/mol. The highest BCUT2D eigenvalue weighted by Gasteiger charge is 2.23. The van der Waals surface area contributed by atoms with Gasteiger partial charge >= 0.3 is 0 Å². The molecule has 0 spiro atoms. The maximum absolute atomic E-state index is 12.7. The van der Waals surface area contributed by atoms with E-state index in [1.807, 2.05) is 38.1 Å². The van der Waals surface area contributed by atoms with Crippen LogP contribution in [0, 0.1) is 5.92 Å². The molecule has 10 heteroatoms. The van der Waals surface area contributed by atoms with E-state index in [-0.39, 0.29) is 17.8 Å². The smallest absolute Gasteiger partial charge is 0.253 e. The summed E-state index contributed by atoms with van der Waals surface area (Å²) in [6, 6.07) is 9.18. The normalized spacial score (nSPS) is 14.5. The Bertz CT molecular complexity index is 1140. The van der Waals surface area contributed by atoms with Gasteiger partial charge in [0.25, 0.3) is 5.91 Å². The minimum absolute atomic E-state index is 0.0439. The number of rotatable bonds is 8. The maximum Gasteiger partial charge on any atom is 0.253 e. The summed E-state index contributed by atoms with van der Waals surface area (Å²) in [6.07, 6.45) is 5.53. The van der Waals surface area contributed by atoms with E-state index in [0.29, 0.717) is 34.9 Å². The van der Waals surface area contributed by atoms with Crippen LogP contribution >= 0.6 is 0 Å². The number of amides is 1. The van der Waals surface area contributed by atoms with Gasteiger partial charge in [-0.1, -0.05) is 12.1 Å². The Morgan fingerprint density at radius 3 is 2.94 bits per heavy atom. The van der Waals surface area contributed by atoms with Gasteiger partial charge < -0.3 is 16.4 Å². The number of carbonyl (C=O) groups is 1. The van der Waals surface area contributed by atoms with Gasteiger partial charge in [-0.05, 0) is 56.0 Å². The average Bonchev–Trinajstić information content (AvgIpc) is 3.48. The number of hydrogen-bond donors (Lipinski definition) is 3. The van der Waals surface area contributed by atoms with Crippen LogP contribution in [-0.2, 0) is 0 Å². The fourth-order valence-electron chi connectivity index (χ4n) is 3.01. The van der Waals surface area contributed by atoms with Gasteiger partial charge in [-0.25, -0.2) is 9.50 Å². The lowest BCUT2D eigenvalue weighted by Gasteiger charge is -2.10. The highest BCUT2D eigenvalue weighted by Crippen LogP contribution is 2.28. The molecule has 0 unspecified atom stereocenters. The Morgan fingerprint density at radius 1 is 1.32 bits per heavy atom. The van der Waals surface area contributed by atoms with Crippen LogP contribution in [0.15, 0.2) is 58.3 Å². The molecule has 0 bridgehead atoms. The summed E-state index contributed by atoms with van der Waals surface area (Å²) in [5.74, 6) is 1.24. The second kappa shape index (κ2) is 8.90. The van der Waals surface area contributed by atoms with Crippen LogP contribution in [0.4, 0.5) is 11.5 Å². The number of anilines is 2. The topological polar surface area (TPSA) is 134 Å². The fourth-order valence-corrected chi connectivity index (χ4v) is 3.01. The summed E-state index contributed by atoms with van der Waals surface area (Å²) in [6.45, 7) is 4.51. The van der Waals surface area contributed by atoms with Crippen LogP contribution < -0.4 is 16.4 Å². The lowest BCUT2D eigenvalue weighted by atomic mass is 10.2. The molecule has 0 aliphatic heterocycles. The van der Waals surface area contributed by atoms with Crippen molar-refractivity contribution in [1.29, 1.82) is 0 Å². The van der Waals surface area contributed by atoms with Crippen LogP contribution in [0.1, 0.15) is 42.6 Å². The van der Waals surface area contributed by atoms with Gasteiger partial charge in [-0.3, -0.25) is 4.79 Å². The minimum atomic E-state index is -0.132. The van der Waals surface area contributed by atoms with E-state index in [1.165, 1.54) is 19.2 Å². The number of fused-ring (bicyclic) bond motifs is 1. The molecule has 3 aromatic rings. The van der Waals surface area contributed by atoms with Crippen LogP contribution in [0.2, 0.25) is 0 Å². The molecule has 1 amide bonds. The Labute approximate surface area is 179 Å². The average molecular weight is 419 g/mol.